The van der Waals surface area contributed by atoms with Crippen LogP contribution in [-0.2, 0) is 5.41 Å². The number of aromatic nitrogens is 2. The lowest BCUT2D eigenvalue weighted by atomic mass is 9.84. The van der Waals surface area contributed by atoms with Crippen molar-refractivity contribution in [2.75, 3.05) is 6.54 Å². The highest BCUT2D eigenvalue weighted by Gasteiger charge is 2.30. The van der Waals surface area contributed by atoms with Gasteiger partial charge in [-0.05, 0) is 31.7 Å². The van der Waals surface area contributed by atoms with Crippen LogP contribution in [0.1, 0.15) is 57.3 Å². The van der Waals surface area contributed by atoms with Crippen LogP contribution in [0.5, 0.6) is 0 Å². The molecule has 0 spiro atoms. The first kappa shape index (κ1) is 15.7. The summed E-state index contributed by atoms with van der Waals surface area (Å²) in [6.45, 7) is 9.10. The van der Waals surface area contributed by atoms with E-state index in [1.54, 1.807) is 0 Å². The molecule has 4 nitrogen and oxygen atoms in total. The smallest absolute Gasteiger partial charge is 0.231 e. The van der Waals surface area contributed by atoms with Crippen molar-refractivity contribution in [1.82, 2.24) is 10.1 Å². The van der Waals surface area contributed by atoms with Gasteiger partial charge >= 0.3 is 0 Å². The molecule has 2 N–H and O–H groups in total. The molecular weight excluding hydrogens is 262 g/mol. The summed E-state index contributed by atoms with van der Waals surface area (Å²) in [5.41, 5.74) is 6.75. The molecule has 0 radical (unpaired) electrons. The number of hydrogen-bond acceptors (Lipinski definition) is 4. The first-order valence-corrected chi connectivity index (χ1v) is 7.54. The van der Waals surface area contributed by atoms with Crippen LogP contribution in [-0.4, -0.2) is 16.7 Å². The summed E-state index contributed by atoms with van der Waals surface area (Å²) in [5, 5.41) is 4.20. The maximum absolute atomic E-state index is 5.85. The van der Waals surface area contributed by atoms with E-state index in [2.05, 4.69) is 50.0 Å². The summed E-state index contributed by atoms with van der Waals surface area (Å²) in [4.78, 5) is 4.62. The average molecular weight is 287 g/mol. The van der Waals surface area contributed by atoms with Crippen LogP contribution < -0.4 is 5.73 Å². The van der Waals surface area contributed by atoms with Gasteiger partial charge in [-0.1, -0.05) is 49.3 Å². The summed E-state index contributed by atoms with van der Waals surface area (Å²) < 4.78 is 5.49. The summed E-state index contributed by atoms with van der Waals surface area (Å²) in [7, 11) is 0. The van der Waals surface area contributed by atoms with E-state index in [-0.39, 0.29) is 11.3 Å². The minimum atomic E-state index is -0.278. The Morgan fingerprint density at radius 2 is 1.86 bits per heavy atom. The van der Waals surface area contributed by atoms with E-state index in [1.165, 1.54) is 5.56 Å². The molecule has 2 aromatic rings. The predicted molar refractivity (Wildman–Crippen MR) is 84.1 cm³/mol. The highest BCUT2D eigenvalue weighted by atomic mass is 16.5. The van der Waals surface area contributed by atoms with Crippen LogP contribution in [0.15, 0.2) is 34.9 Å². The Balaban J connectivity index is 2.26. The molecule has 114 valence electrons. The summed E-state index contributed by atoms with van der Waals surface area (Å²) >= 11 is 0. The quantitative estimate of drug-likeness (QED) is 0.883. The van der Waals surface area contributed by atoms with Crippen molar-refractivity contribution >= 4 is 0 Å². The van der Waals surface area contributed by atoms with Gasteiger partial charge in [-0.15, -0.1) is 0 Å². The molecule has 4 heteroatoms. The zero-order chi connectivity index (χ0) is 15.5. The lowest BCUT2D eigenvalue weighted by Gasteiger charge is -2.20. The third-order valence-electron chi connectivity index (χ3n) is 3.89. The summed E-state index contributed by atoms with van der Waals surface area (Å²) in [5.74, 6) is 2.06. The molecule has 0 bridgehead atoms. The molecule has 0 saturated carbocycles. The van der Waals surface area contributed by atoms with Crippen LogP contribution in [0.25, 0.3) is 0 Å². The largest absolute Gasteiger partial charge is 0.339 e. The number of hydrogen-bond donors (Lipinski definition) is 1. The molecule has 2 rings (SSSR count). The monoisotopic (exact) mass is 287 g/mol. The number of nitrogens with zero attached hydrogens (tertiary/aromatic N) is 2. The molecule has 21 heavy (non-hydrogen) atoms. The van der Waals surface area contributed by atoms with Gasteiger partial charge in [0.05, 0.1) is 11.3 Å². The van der Waals surface area contributed by atoms with Crippen LogP contribution in [0.2, 0.25) is 0 Å². The van der Waals surface area contributed by atoms with E-state index in [0.717, 1.165) is 6.42 Å². The standard InChI is InChI=1S/C17H25N3O/c1-12(2)10-13(11-18)15-19-16(20-21-15)17(3,4)14-8-6-5-7-9-14/h5-9,12-13H,10-11,18H2,1-4H3. The molecule has 0 saturated heterocycles. The van der Waals surface area contributed by atoms with Gasteiger partial charge in [0.1, 0.15) is 0 Å². The first-order valence-electron chi connectivity index (χ1n) is 7.54. The summed E-state index contributed by atoms with van der Waals surface area (Å²) in [6, 6.07) is 10.2. The third-order valence-corrected chi connectivity index (χ3v) is 3.89. The third kappa shape index (κ3) is 3.50. The van der Waals surface area contributed by atoms with Crippen molar-refractivity contribution < 1.29 is 4.52 Å². The maximum Gasteiger partial charge on any atom is 0.231 e. The molecule has 1 atom stereocenters. The lowest BCUT2D eigenvalue weighted by Crippen LogP contribution is -2.21. The first-order chi connectivity index (χ1) is 9.95. The molecule has 0 aliphatic heterocycles. The Kier molecular flexibility index (Phi) is 4.78. The molecule has 0 aliphatic rings. The molecule has 0 amide bonds. The average Bonchev–Trinajstić information content (AvgIpc) is 2.96. The van der Waals surface area contributed by atoms with E-state index < -0.39 is 0 Å². The zero-order valence-corrected chi connectivity index (χ0v) is 13.3. The normalized spacial score (nSPS) is 13.6. The van der Waals surface area contributed by atoms with E-state index >= 15 is 0 Å². The van der Waals surface area contributed by atoms with Gasteiger partial charge in [0.25, 0.3) is 0 Å². The molecule has 0 fully saturated rings. The van der Waals surface area contributed by atoms with Crippen LogP contribution in [0, 0.1) is 5.92 Å². The highest BCUT2D eigenvalue weighted by Crippen LogP contribution is 2.30. The molecular formula is C17H25N3O. The lowest BCUT2D eigenvalue weighted by molar-refractivity contribution is 0.328. The molecule has 1 aromatic heterocycles. The van der Waals surface area contributed by atoms with Crippen LogP contribution in [0.3, 0.4) is 0 Å². The zero-order valence-electron chi connectivity index (χ0n) is 13.3. The van der Waals surface area contributed by atoms with Gasteiger partial charge in [-0.25, -0.2) is 0 Å². The fraction of sp³-hybridized carbons (Fsp3) is 0.529. The SMILES string of the molecule is CC(C)CC(CN)c1nc(C(C)(C)c2ccccc2)no1. The second-order valence-corrected chi connectivity index (χ2v) is 6.51. The van der Waals surface area contributed by atoms with Crippen molar-refractivity contribution in [3.63, 3.8) is 0 Å². The van der Waals surface area contributed by atoms with Gasteiger partial charge in [0.15, 0.2) is 5.82 Å². The van der Waals surface area contributed by atoms with Crippen LogP contribution >= 0.6 is 0 Å². The van der Waals surface area contributed by atoms with Crippen molar-refractivity contribution in [2.24, 2.45) is 11.7 Å². The fourth-order valence-corrected chi connectivity index (χ4v) is 2.51. The Labute approximate surface area is 126 Å². The molecule has 0 aliphatic carbocycles. The van der Waals surface area contributed by atoms with Crippen molar-refractivity contribution in [3.05, 3.63) is 47.6 Å². The number of nitrogens with two attached hydrogens (primary N) is 1. The maximum atomic E-state index is 5.85. The molecule has 1 unspecified atom stereocenters. The van der Waals surface area contributed by atoms with Crippen molar-refractivity contribution in [1.29, 1.82) is 0 Å². The summed E-state index contributed by atoms with van der Waals surface area (Å²) in [6.07, 6.45) is 0.962. The number of rotatable bonds is 6. The topological polar surface area (TPSA) is 64.9 Å². The van der Waals surface area contributed by atoms with Gasteiger partial charge in [0, 0.05) is 6.54 Å². The Hall–Kier alpha value is -1.68. The van der Waals surface area contributed by atoms with Crippen molar-refractivity contribution in [3.8, 4) is 0 Å². The van der Waals surface area contributed by atoms with Gasteiger partial charge in [-0.3, -0.25) is 0 Å². The fourth-order valence-electron chi connectivity index (χ4n) is 2.51. The van der Waals surface area contributed by atoms with Crippen molar-refractivity contribution in [2.45, 2.75) is 45.4 Å². The van der Waals surface area contributed by atoms with E-state index in [1.807, 2.05) is 18.2 Å². The molecule has 1 aromatic carbocycles. The Bertz CT molecular complexity index is 560. The minimum absolute atomic E-state index is 0.137. The van der Waals surface area contributed by atoms with Gasteiger partial charge < -0.3 is 10.3 Å². The van der Waals surface area contributed by atoms with Crippen LogP contribution in [0.4, 0.5) is 0 Å². The van der Waals surface area contributed by atoms with E-state index in [0.29, 0.717) is 24.2 Å². The van der Waals surface area contributed by atoms with Gasteiger partial charge in [0.2, 0.25) is 5.89 Å². The second kappa shape index (κ2) is 6.39. The molecule has 1 heterocycles. The van der Waals surface area contributed by atoms with E-state index in [9.17, 15) is 0 Å². The second-order valence-electron chi connectivity index (χ2n) is 6.51. The Morgan fingerprint density at radius 3 is 2.43 bits per heavy atom. The Morgan fingerprint density at radius 1 is 1.19 bits per heavy atom. The van der Waals surface area contributed by atoms with E-state index in [4.69, 9.17) is 10.3 Å². The number of benzene rings is 1. The highest BCUT2D eigenvalue weighted by molar-refractivity contribution is 5.30. The predicted octanol–water partition coefficient (Wildman–Crippen LogP) is 3.48. The van der Waals surface area contributed by atoms with Gasteiger partial charge in [-0.2, -0.15) is 4.98 Å². The minimum Gasteiger partial charge on any atom is -0.339 e.